The second-order valence-electron chi connectivity index (χ2n) is 6.03. The highest BCUT2D eigenvalue weighted by atomic mass is 35.5. The predicted octanol–water partition coefficient (Wildman–Crippen LogP) is 4.68. The fraction of sp³-hybridized carbons (Fsp3) is 0.0952. The molecule has 1 aliphatic heterocycles. The first-order valence-electron chi connectivity index (χ1n) is 8.42. The third kappa shape index (κ3) is 3.29. The van der Waals surface area contributed by atoms with E-state index in [2.05, 4.69) is 5.43 Å². The van der Waals surface area contributed by atoms with Crippen molar-refractivity contribution < 1.29 is 13.9 Å². The van der Waals surface area contributed by atoms with Gasteiger partial charge in [-0.25, -0.2) is 5.01 Å². The number of rotatable bonds is 4. The van der Waals surface area contributed by atoms with Gasteiger partial charge in [-0.1, -0.05) is 23.7 Å². The molecule has 0 saturated heterocycles. The number of benzene rings is 2. The molecule has 1 aromatic heterocycles. The number of hydrazine groups is 1. The molecule has 0 aliphatic carbocycles. The second kappa shape index (κ2) is 7.21. The van der Waals surface area contributed by atoms with E-state index in [4.69, 9.17) is 20.8 Å². The normalized spacial score (nSPS) is 16.0. The molecular formula is C21H17ClN2O3. The van der Waals surface area contributed by atoms with Crippen LogP contribution in [0.15, 0.2) is 77.4 Å². The number of furan rings is 1. The van der Waals surface area contributed by atoms with Crippen molar-refractivity contribution >= 4 is 23.2 Å². The van der Waals surface area contributed by atoms with Crippen molar-refractivity contribution in [1.29, 1.82) is 0 Å². The summed E-state index contributed by atoms with van der Waals surface area (Å²) in [6.45, 7) is 0. The Balaban J connectivity index is 1.72. The fourth-order valence-electron chi connectivity index (χ4n) is 3.06. The number of hydrogen-bond donors (Lipinski definition) is 1. The summed E-state index contributed by atoms with van der Waals surface area (Å²) in [5.41, 5.74) is 5.37. The van der Waals surface area contributed by atoms with Gasteiger partial charge in [-0.2, -0.15) is 0 Å². The summed E-state index contributed by atoms with van der Waals surface area (Å²) in [5, 5.41) is 2.13. The van der Waals surface area contributed by atoms with Crippen LogP contribution in [0.2, 0.25) is 5.02 Å². The molecule has 0 radical (unpaired) electrons. The van der Waals surface area contributed by atoms with Gasteiger partial charge in [0.2, 0.25) is 0 Å². The number of amides is 1. The summed E-state index contributed by atoms with van der Waals surface area (Å²) in [7, 11) is 1.62. The van der Waals surface area contributed by atoms with Crippen molar-refractivity contribution in [2.24, 2.45) is 0 Å². The molecule has 0 saturated carbocycles. The Kier molecular flexibility index (Phi) is 4.60. The summed E-state index contributed by atoms with van der Waals surface area (Å²) in [6.07, 6.45) is 3.54. The highest BCUT2D eigenvalue weighted by molar-refractivity contribution is 6.30. The fourth-order valence-corrected chi connectivity index (χ4v) is 3.19. The SMILES string of the molecule is COc1ccccc1C1=CC(c2ccco2)N(C(=O)c2ccc(Cl)cc2)N1. The van der Waals surface area contributed by atoms with Crippen molar-refractivity contribution in [2.45, 2.75) is 6.04 Å². The van der Waals surface area contributed by atoms with E-state index in [1.165, 1.54) is 0 Å². The number of ether oxygens (including phenoxy) is 1. The number of methoxy groups -OCH3 is 1. The van der Waals surface area contributed by atoms with Crippen molar-refractivity contribution in [3.63, 3.8) is 0 Å². The molecule has 1 amide bonds. The van der Waals surface area contributed by atoms with E-state index in [-0.39, 0.29) is 11.9 Å². The van der Waals surface area contributed by atoms with Crippen molar-refractivity contribution in [3.8, 4) is 5.75 Å². The molecule has 0 spiro atoms. The first kappa shape index (κ1) is 17.2. The lowest BCUT2D eigenvalue weighted by atomic mass is 10.1. The number of carbonyl (C=O) groups excluding carboxylic acids is 1. The third-order valence-electron chi connectivity index (χ3n) is 4.39. The van der Waals surface area contributed by atoms with Crippen LogP contribution in [0.4, 0.5) is 0 Å². The van der Waals surface area contributed by atoms with E-state index >= 15 is 0 Å². The van der Waals surface area contributed by atoms with Gasteiger partial charge in [0, 0.05) is 16.1 Å². The quantitative estimate of drug-likeness (QED) is 0.713. The molecule has 1 aliphatic rings. The van der Waals surface area contributed by atoms with E-state index < -0.39 is 0 Å². The molecule has 6 heteroatoms. The van der Waals surface area contributed by atoms with E-state index in [1.807, 2.05) is 36.4 Å². The Morgan fingerprint density at radius 3 is 2.59 bits per heavy atom. The third-order valence-corrected chi connectivity index (χ3v) is 4.64. The van der Waals surface area contributed by atoms with Gasteiger partial charge in [0.15, 0.2) is 0 Å². The van der Waals surface area contributed by atoms with Crippen LogP contribution in [-0.4, -0.2) is 18.0 Å². The van der Waals surface area contributed by atoms with Crippen LogP contribution in [0.5, 0.6) is 5.75 Å². The van der Waals surface area contributed by atoms with Gasteiger partial charge in [-0.05, 0) is 54.6 Å². The van der Waals surface area contributed by atoms with E-state index in [1.54, 1.807) is 48.7 Å². The lowest BCUT2D eigenvalue weighted by Gasteiger charge is -2.24. The molecule has 0 fully saturated rings. The maximum atomic E-state index is 13.1. The highest BCUT2D eigenvalue weighted by Gasteiger charge is 2.33. The first-order chi connectivity index (χ1) is 13.2. The molecule has 1 atom stereocenters. The molecule has 136 valence electrons. The molecular weight excluding hydrogens is 364 g/mol. The second-order valence-corrected chi connectivity index (χ2v) is 6.47. The van der Waals surface area contributed by atoms with E-state index in [0.29, 0.717) is 16.3 Å². The minimum absolute atomic E-state index is 0.186. The number of nitrogens with one attached hydrogen (secondary N) is 1. The topological polar surface area (TPSA) is 54.7 Å². The Morgan fingerprint density at radius 2 is 1.89 bits per heavy atom. The summed E-state index contributed by atoms with van der Waals surface area (Å²) in [5.74, 6) is 1.19. The van der Waals surface area contributed by atoms with Crippen LogP contribution in [0.3, 0.4) is 0 Å². The lowest BCUT2D eigenvalue weighted by molar-refractivity contribution is 0.0654. The van der Waals surface area contributed by atoms with Crippen molar-refractivity contribution in [1.82, 2.24) is 10.4 Å². The molecule has 4 rings (SSSR count). The van der Waals surface area contributed by atoms with E-state index in [9.17, 15) is 4.79 Å². The Hall–Kier alpha value is -3.18. The highest BCUT2D eigenvalue weighted by Crippen LogP contribution is 2.35. The van der Waals surface area contributed by atoms with Gasteiger partial charge >= 0.3 is 0 Å². The smallest absolute Gasteiger partial charge is 0.273 e. The zero-order valence-electron chi connectivity index (χ0n) is 14.6. The maximum Gasteiger partial charge on any atom is 0.273 e. The van der Waals surface area contributed by atoms with Crippen LogP contribution in [-0.2, 0) is 0 Å². The Morgan fingerprint density at radius 1 is 1.11 bits per heavy atom. The number of para-hydroxylation sites is 1. The molecule has 2 heterocycles. The molecule has 2 aromatic carbocycles. The molecule has 3 aromatic rings. The molecule has 0 bridgehead atoms. The largest absolute Gasteiger partial charge is 0.496 e. The minimum atomic E-state index is -0.386. The number of nitrogens with zero attached hydrogens (tertiary/aromatic N) is 1. The van der Waals surface area contributed by atoms with Crippen LogP contribution in [0.25, 0.3) is 5.70 Å². The maximum absolute atomic E-state index is 13.1. The Bertz CT molecular complexity index is 981. The zero-order chi connectivity index (χ0) is 18.8. The van der Waals surface area contributed by atoms with Gasteiger partial charge in [-0.3, -0.25) is 10.2 Å². The summed E-state index contributed by atoms with van der Waals surface area (Å²) >= 11 is 5.94. The summed E-state index contributed by atoms with van der Waals surface area (Å²) < 4.78 is 11.0. The lowest BCUT2D eigenvalue weighted by Crippen LogP contribution is -2.39. The van der Waals surface area contributed by atoms with Crippen LogP contribution in [0.1, 0.15) is 27.7 Å². The van der Waals surface area contributed by atoms with Gasteiger partial charge in [-0.15, -0.1) is 0 Å². The summed E-state index contributed by atoms with van der Waals surface area (Å²) in [6, 6.07) is 17.7. The van der Waals surface area contributed by atoms with Gasteiger partial charge in [0.1, 0.15) is 17.6 Å². The molecule has 5 nitrogen and oxygen atoms in total. The predicted molar refractivity (Wildman–Crippen MR) is 103 cm³/mol. The number of halogens is 1. The number of carbonyl (C=O) groups is 1. The molecule has 27 heavy (non-hydrogen) atoms. The monoisotopic (exact) mass is 380 g/mol. The van der Waals surface area contributed by atoms with Gasteiger partial charge in [0.25, 0.3) is 5.91 Å². The van der Waals surface area contributed by atoms with E-state index in [0.717, 1.165) is 17.0 Å². The molecule has 1 unspecified atom stereocenters. The van der Waals surface area contributed by atoms with Crippen LogP contribution >= 0.6 is 11.6 Å². The first-order valence-corrected chi connectivity index (χ1v) is 8.79. The van der Waals surface area contributed by atoms with Gasteiger partial charge in [0.05, 0.1) is 19.1 Å². The minimum Gasteiger partial charge on any atom is -0.496 e. The number of hydrogen-bond acceptors (Lipinski definition) is 4. The molecule has 1 N–H and O–H groups in total. The van der Waals surface area contributed by atoms with Crippen molar-refractivity contribution in [2.75, 3.05) is 7.11 Å². The van der Waals surface area contributed by atoms with Crippen LogP contribution in [0, 0.1) is 0 Å². The Labute approximate surface area is 161 Å². The van der Waals surface area contributed by atoms with Crippen LogP contribution < -0.4 is 10.2 Å². The summed E-state index contributed by atoms with van der Waals surface area (Å²) in [4.78, 5) is 13.1. The average Bonchev–Trinajstić information content (AvgIpc) is 3.37. The average molecular weight is 381 g/mol. The zero-order valence-corrected chi connectivity index (χ0v) is 15.3. The van der Waals surface area contributed by atoms with Gasteiger partial charge < -0.3 is 9.15 Å². The van der Waals surface area contributed by atoms with Crippen molar-refractivity contribution in [3.05, 3.63) is 94.9 Å². The standard InChI is InChI=1S/C21H17ClN2O3/c1-26-19-6-3-2-5-16(19)17-13-18(20-7-4-12-27-20)24(23-17)21(25)14-8-10-15(22)11-9-14/h2-13,18,23H,1H3.